The molecule has 1 aromatic heterocycles. The van der Waals surface area contributed by atoms with Crippen LogP contribution in [0.5, 0.6) is 0 Å². The highest BCUT2D eigenvalue weighted by atomic mass is 14.9. The predicted octanol–water partition coefficient (Wildman–Crippen LogP) is 3.35. The van der Waals surface area contributed by atoms with Crippen molar-refractivity contribution in [3.63, 3.8) is 0 Å². The van der Waals surface area contributed by atoms with E-state index in [1.165, 1.54) is 21.8 Å². The standard InChI is InChI=1S/C15H17N3/c1-3-17-11-5-7-15-13(9-11)12-8-10(16)4-6-14(12)18(15)2/h4-9,17H,3,16H2,1-2H3. The van der Waals surface area contributed by atoms with E-state index in [1.54, 1.807) is 0 Å². The molecule has 3 nitrogen and oxygen atoms in total. The molecule has 0 fully saturated rings. The molecule has 0 aliphatic rings. The first kappa shape index (κ1) is 11.0. The third-order valence-corrected chi connectivity index (χ3v) is 3.41. The van der Waals surface area contributed by atoms with Gasteiger partial charge in [0.2, 0.25) is 0 Å². The highest BCUT2D eigenvalue weighted by Gasteiger charge is 2.08. The maximum absolute atomic E-state index is 5.90. The van der Waals surface area contributed by atoms with Gasteiger partial charge in [-0.1, -0.05) is 0 Å². The van der Waals surface area contributed by atoms with E-state index in [4.69, 9.17) is 5.73 Å². The normalized spacial score (nSPS) is 11.2. The highest BCUT2D eigenvalue weighted by Crippen LogP contribution is 2.31. The molecule has 0 unspecified atom stereocenters. The van der Waals surface area contributed by atoms with Gasteiger partial charge in [0, 0.05) is 46.8 Å². The molecule has 92 valence electrons. The van der Waals surface area contributed by atoms with Crippen molar-refractivity contribution >= 4 is 33.2 Å². The van der Waals surface area contributed by atoms with E-state index in [9.17, 15) is 0 Å². The summed E-state index contributed by atoms with van der Waals surface area (Å²) in [4.78, 5) is 0. The fourth-order valence-corrected chi connectivity index (χ4v) is 2.55. The van der Waals surface area contributed by atoms with Crippen molar-refractivity contribution in [3.05, 3.63) is 36.4 Å². The van der Waals surface area contributed by atoms with Gasteiger partial charge in [-0.15, -0.1) is 0 Å². The molecule has 3 heteroatoms. The van der Waals surface area contributed by atoms with Gasteiger partial charge < -0.3 is 15.6 Å². The van der Waals surface area contributed by atoms with Crippen LogP contribution >= 0.6 is 0 Å². The summed E-state index contributed by atoms with van der Waals surface area (Å²) in [6.45, 7) is 3.03. The van der Waals surface area contributed by atoms with Gasteiger partial charge in [-0.05, 0) is 43.3 Å². The van der Waals surface area contributed by atoms with Crippen molar-refractivity contribution in [1.29, 1.82) is 0 Å². The fraction of sp³-hybridized carbons (Fsp3) is 0.200. The van der Waals surface area contributed by atoms with Crippen molar-refractivity contribution in [1.82, 2.24) is 4.57 Å². The quantitative estimate of drug-likeness (QED) is 0.673. The van der Waals surface area contributed by atoms with Crippen LogP contribution in [0.4, 0.5) is 11.4 Å². The molecule has 3 aromatic rings. The van der Waals surface area contributed by atoms with Gasteiger partial charge in [-0.2, -0.15) is 0 Å². The number of aromatic nitrogens is 1. The van der Waals surface area contributed by atoms with E-state index in [2.05, 4.69) is 48.1 Å². The first-order valence-corrected chi connectivity index (χ1v) is 6.22. The molecule has 0 atom stereocenters. The van der Waals surface area contributed by atoms with Crippen LogP contribution in [0.25, 0.3) is 21.8 Å². The Kier molecular flexibility index (Phi) is 2.40. The van der Waals surface area contributed by atoms with Crippen LogP contribution in [0.15, 0.2) is 36.4 Å². The second-order valence-electron chi connectivity index (χ2n) is 4.60. The molecule has 1 heterocycles. The van der Waals surface area contributed by atoms with Crippen molar-refractivity contribution in [2.45, 2.75) is 6.92 Å². The van der Waals surface area contributed by atoms with Crippen LogP contribution in [0.3, 0.4) is 0 Å². The molecule has 0 radical (unpaired) electrons. The van der Waals surface area contributed by atoms with Gasteiger partial charge in [0.15, 0.2) is 0 Å². The summed E-state index contributed by atoms with van der Waals surface area (Å²) in [6.07, 6.45) is 0. The first-order chi connectivity index (χ1) is 8.70. The number of hydrogen-bond donors (Lipinski definition) is 2. The zero-order valence-corrected chi connectivity index (χ0v) is 10.7. The Bertz CT molecular complexity index is 725. The van der Waals surface area contributed by atoms with Gasteiger partial charge in [0.05, 0.1) is 0 Å². The Morgan fingerprint density at radius 1 is 1.06 bits per heavy atom. The maximum Gasteiger partial charge on any atom is 0.0490 e. The molecule has 3 N–H and O–H groups in total. The topological polar surface area (TPSA) is 43.0 Å². The summed E-state index contributed by atoms with van der Waals surface area (Å²) in [5.74, 6) is 0. The third kappa shape index (κ3) is 1.51. The summed E-state index contributed by atoms with van der Waals surface area (Å²) < 4.78 is 2.21. The number of benzene rings is 2. The lowest BCUT2D eigenvalue weighted by atomic mass is 10.1. The molecule has 0 aliphatic heterocycles. The Hall–Kier alpha value is -2.16. The summed E-state index contributed by atoms with van der Waals surface area (Å²) in [7, 11) is 2.09. The SMILES string of the molecule is CCNc1ccc2c(c1)c1cc(N)ccc1n2C. The van der Waals surface area contributed by atoms with Crippen LogP contribution in [-0.4, -0.2) is 11.1 Å². The van der Waals surface area contributed by atoms with Crippen LogP contribution in [0, 0.1) is 0 Å². The molecule has 3 rings (SSSR count). The number of hydrogen-bond acceptors (Lipinski definition) is 2. The third-order valence-electron chi connectivity index (χ3n) is 3.41. The van der Waals surface area contributed by atoms with Crippen LogP contribution in [0.2, 0.25) is 0 Å². The summed E-state index contributed by atoms with van der Waals surface area (Å²) in [6, 6.07) is 12.6. The molecule has 0 spiro atoms. The lowest BCUT2D eigenvalue weighted by Gasteiger charge is -2.03. The number of nitrogen functional groups attached to an aromatic ring is 1. The summed E-state index contributed by atoms with van der Waals surface area (Å²) in [5, 5.41) is 5.81. The zero-order valence-electron chi connectivity index (χ0n) is 10.7. The lowest BCUT2D eigenvalue weighted by molar-refractivity contribution is 1.01. The van der Waals surface area contributed by atoms with E-state index in [1.807, 2.05) is 12.1 Å². The minimum absolute atomic E-state index is 0.809. The smallest absolute Gasteiger partial charge is 0.0490 e. The largest absolute Gasteiger partial charge is 0.399 e. The lowest BCUT2D eigenvalue weighted by Crippen LogP contribution is -1.95. The Morgan fingerprint density at radius 3 is 2.44 bits per heavy atom. The maximum atomic E-state index is 5.90. The van der Waals surface area contributed by atoms with E-state index in [0.717, 1.165) is 17.9 Å². The molecule has 0 saturated carbocycles. The summed E-state index contributed by atoms with van der Waals surface area (Å²) >= 11 is 0. The molecule has 0 saturated heterocycles. The van der Waals surface area contributed by atoms with Crippen molar-refractivity contribution in [2.75, 3.05) is 17.6 Å². The number of rotatable bonds is 2. The molecule has 2 aromatic carbocycles. The zero-order chi connectivity index (χ0) is 12.7. The molecule has 0 aliphatic carbocycles. The minimum atomic E-state index is 0.809. The Labute approximate surface area is 106 Å². The second-order valence-corrected chi connectivity index (χ2v) is 4.60. The number of nitrogens with zero attached hydrogens (tertiary/aromatic N) is 1. The number of nitrogens with one attached hydrogen (secondary N) is 1. The summed E-state index contributed by atoms with van der Waals surface area (Å²) in [5.41, 5.74) is 10.3. The molecule has 0 amide bonds. The van der Waals surface area contributed by atoms with E-state index in [-0.39, 0.29) is 0 Å². The van der Waals surface area contributed by atoms with E-state index < -0.39 is 0 Å². The molecular weight excluding hydrogens is 222 g/mol. The number of anilines is 2. The first-order valence-electron chi connectivity index (χ1n) is 6.22. The second kappa shape index (κ2) is 3.95. The van der Waals surface area contributed by atoms with Gasteiger partial charge in [0.1, 0.15) is 0 Å². The monoisotopic (exact) mass is 239 g/mol. The average Bonchev–Trinajstić information content (AvgIpc) is 2.63. The number of aryl methyl sites for hydroxylation is 1. The van der Waals surface area contributed by atoms with Crippen LogP contribution in [-0.2, 0) is 7.05 Å². The number of fused-ring (bicyclic) bond motifs is 3. The van der Waals surface area contributed by atoms with Gasteiger partial charge in [-0.25, -0.2) is 0 Å². The van der Waals surface area contributed by atoms with E-state index >= 15 is 0 Å². The van der Waals surface area contributed by atoms with Gasteiger partial charge in [-0.3, -0.25) is 0 Å². The highest BCUT2D eigenvalue weighted by molar-refractivity contribution is 6.09. The van der Waals surface area contributed by atoms with Crippen molar-refractivity contribution in [3.8, 4) is 0 Å². The molecule has 18 heavy (non-hydrogen) atoms. The van der Waals surface area contributed by atoms with E-state index in [0.29, 0.717) is 0 Å². The van der Waals surface area contributed by atoms with Gasteiger partial charge >= 0.3 is 0 Å². The average molecular weight is 239 g/mol. The Morgan fingerprint density at radius 2 is 1.72 bits per heavy atom. The number of nitrogens with two attached hydrogens (primary N) is 1. The Balaban J connectivity index is 2.38. The van der Waals surface area contributed by atoms with Gasteiger partial charge in [0.25, 0.3) is 0 Å². The fourth-order valence-electron chi connectivity index (χ4n) is 2.55. The molecule has 0 bridgehead atoms. The predicted molar refractivity (Wildman–Crippen MR) is 79.0 cm³/mol. The molecular formula is C15H17N3. The minimum Gasteiger partial charge on any atom is -0.399 e. The van der Waals surface area contributed by atoms with Crippen LogP contribution in [0.1, 0.15) is 6.92 Å². The van der Waals surface area contributed by atoms with Crippen molar-refractivity contribution < 1.29 is 0 Å². The van der Waals surface area contributed by atoms with Crippen molar-refractivity contribution in [2.24, 2.45) is 7.05 Å². The van der Waals surface area contributed by atoms with Crippen LogP contribution < -0.4 is 11.1 Å².